The van der Waals surface area contributed by atoms with Gasteiger partial charge in [-0.2, -0.15) is 18.4 Å². The molecule has 3 atom stereocenters. The van der Waals surface area contributed by atoms with E-state index in [0.717, 1.165) is 4.90 Å². The maximum absolute atomic E-state index is 12.9. The summed E-state index contributed by atoms with van der Waals surface area (Å²) in [4.78, 5) is 12.7. The first-order chi connectivity index (χ1) is 10.6. The number of nitriles is 1. The zero-order valence-corrected chi connectivity index (χ0v) is 12.8. The van der Waals surface area contributed by atoms with Gasteiger partial charge in [-0.05, 0) is 31.5 Å². The van der Waals surface area contributed by atoms with Crippen LogP contribution in [0.1, 0.15) is 18.1 Å². The van der Waals surface area contributed by atoms with Crippen molar-refractivity contribution in [2.75, 3.05) is 4.90 Å². The van der Waals surface area contributed by atoms with E-state index >= 15 is 0 Å². The number of hydrogen-bond acceptors (Lipinski definition) is 4. The molecule has 0 saturated carbocycles. The molecule has 9 heteroatoms. The molecule has 1 heterocycles. The Balaban J connectivity index is 2.54. The van der Waals surface area contributed by atoms with Crippen LogP contribution in [-0.2, 0) is 4.74 Å². The monoisotopic (exact) mass is 348 g/mol. The quantitative estimate of drug-likeness (QED) is 0.891. The summed E-state index contributed by atoms with van der Waals surface area (Å²) in [7, 11) is 0. The molecule has 1 amide bonds. The van der Waals surface area contributed by atoms with E-state index in [1.165, 1.54) is 26.0 Å². The maximum atomic E-state index is 12.9. The number of rotatable bonds is 2. The number of ether oxygens (including phenoxy) is 1. The van der Waals surface area contributed by atoms with Crippen LogP contribution < -0.4 is 4.90 Å². The maximum Gasteiger partial charge on any atom is 0.416 e. The number of hydrogen-bond donors (Lipinski definition) is 1. The van der Waals surface area contributed by atoms with Crippen molar-refractivity contribution in [3.05, 3.63) is 28.3 Å². The van der Waals surface area contributed by atoms with Crippen molar-refractivity contribution < 1.29 is 27.8 Å². The standard InChI is InChI=1S/C14H12ClF3N2O3/c1-6-9(4-3-8(5-19)10(6)15)20-11(7(2)23-13(20)22)12(21)14(16,17)18/h3-4,7,11-12,21H,1-2H3/t7-,11-,12+/m1/s1. The van der Waals surface area contributed by atoms with Crippen LogP contribution in [0.4, 0.5) is 23.7 Å². The average molecular weight is 349 g/mol. The van der Waals surface area contributed by atoms with Crippen LogP contribution >= 0.6 is 11.6 Å². The van der Waals surface area contributed by atoms with Gasteiger partial charge in [0.05, 0.1) is 16.3 Å². The van der Waals surface area contributed by atoms with E-state index in [1.54, 1.807) is 0 Å². The molecule has 0 aliphatic carbocycles. The molecule has 0 spiro atoms. The Kier molecular flexibility index (Phi) is 4.46. The minimum Gasteiger partial charge on any atom is -0.444 e. The Morgan fingerprint density at radius 1 is 1.48 bits per heavy atom. The summed E-state index contributed by atoms with van der Waals surface area (Å²) in [5.74, 6) is 0. The van der Waals surface area contributed by atoms with Crippen molar-refractivity contribution in [3.8, 4) is 6.07 Å². The molecule has 0 radical (unpaired) electrons. The molecular formula is C14H12ClF3N2O3. The molecule has 23 heavy (non-hydrogen) atoms. The van der Waals surface area contributed by atoms with E-state index < -0.39 is 30.5 Å². The molecule has 1 fully saturated rings. The zero-order chi connectivity index (χ0) is 17.5. The largest absolute Gasteiger partial charge is 0.444 e. The average Bonchev–Trinajstić information content (AvgIpc) is 2.74. The predicted octanol–water partition coefficient (Wildman–Crippen LogP) is 3.16. The van der Waals surface area contributed by atoms with E-state index in [-0.39, 0.29) is 21.8 Å². The fourth-order valence-electron chi connectivity index (χ4n) is 2.49. The zero-order valence-electron chi connectivity index (χ0n) is 12.1. The lowest BCUT2D eigenvalue weighted by Gasteiger charge is -2.30. The summed E-state index contributed by atoms with van der Waals surface area (Å²) in [6, 6.07) is 2.78. The van der Waals surface area contributed by atoms with Crippen LogP contribution in [0.25, 0.3) is 0 Å². The molecule has 5 nitrogen and oxygen atoms in total. The molecule has 0 bridgehead atoms. The number of nitrogens with zero attached hydrogens (tertiary/aromatic N) is 2. The fourth-order valence-corrected chi connectivity index (χ4v) is 2.69. The summed E-state index contributed by atoms with van der Waals surface area (Å²) in [6.07, 6.45) is -9.89. The van der Waals surface area contributed by atoms with Crippen molar-refractivity contribution >= 4 is 23.4 Å². The van der Waals surface area contributed by atoms with Gasteiger partial charge in [-0.15, -0.1) is 0 Å². The summed E-state index contributed by atoms with van der Waals surface area (Å²) < 4.78 is 43.5. The molecule has 2 rings (SSSR count). The highest BCUT2D eigenvalue weighted by atomic mass is 35.5. The Labute approximate surface area is 134 Å². The summed E-state index contributed by atoms with van der Waals surface area (Å²) >= 11 is 5.99. The van der Waals surface area contributed by atoms with Gasteiger partial charge in [0.25, 0.3) is 0 Å². The first-order valence-corrected chi connectivity index (χ1v) is 6.91. The van der Waals surface area contributed by atoms with Crippen LogP contribution in [0.15, 0.2) is 12.1 Å². The highest BCUT2D eigenvalue weighted by Crippen LogP contribution is 2.38. The van der Waals surface area contributed by atoms with Gasteiger partial charge in [0, 0.05) is 0 Å². The number of carbonyl (C=O) groups is 1. The topological polar surface area (TPSA) is 73.6 Å². The molecular weight excluding hydrogens is 337 g/mol. The van der Waals surface area contributed by atoms with E-state index in [9.17, 15) is 23.1 Å². The minimum absolute atomic E-state index is 0.0256. The molecule has 0 aromatic heterocycles. The summed E-state index contributed by atoms with van der Waals surface area (Å²) in [5, 5.41) is 18.5. The smallest absolute Gasteiger partial charge is 0.416 e. The summed E-state index contributed by atoms with van der Waals surface area (Å²) in [6.45, 7) is 2.73. The molecule has 1 saturated heterocycles. The normalized spacial score (nSPS) is 22.7. The number of amides is 1. The predicted molar refractivity (Wildman–Crippen MR) is 75.2 cm³/mol. The highest BCUT2D eigenvalue weighted by molar-refractivity contribution is 6.33. The molecule has 1 aliphatic heterocycles. The number of halogens is 4. The molecule has 1 aromatic rings. The fraction of sp³-hybridized carbons (Fsp3) is 0.429. The third-order valence-electron chi connectivity index (χ3n) is 3.66. The number of anilines is 1. The van der Waals surface area contributed by atoms with E-state index in [2.05, 4.69) is 0 Å². The Morgan fingerprint density at radius 2 is 2.09 bits per heavy atom. The van der Waals surface area contributed by atoms with Crippen LogP contribution in [0.5, 0.6) is 0 Å². The lowest BCUT2D eigenvalue weighted by atomic mass is 10.0. The molecule has 1 N–H and O–H groups in total. The van der Waals surface area contributed by atoms with Crippen molar-refractivity contribution in [3.63, 3.8) is 0 Å². The number of benzene rings is 1. The van der Waals surface area contributed by atoms with Gasteiger partial charge < -0.3 is 9.84 Å². The highest BCUT2D eigenvalue weighted by Gasteiger charge is 2.54. The van der Waals surface area contributed by atoms with Gasteiger partial charge in [-0.3, -0.25) is 4.90 Å². The van der Waals surface area contributed by atoms with Gasteiger partial charge in [0.2, 0.25) is 0 Å². The lowest BCUT2D eigenvalue weighted by Crippen LogP contribution is -2.51. The van der Waals surface area contributed by atoms with Gasteiger partial charge in [-0.25, -0.2) is 4.79 Å². The first kappa shape index (κ1) is 17.4. The number of carbonyl (C=O) groups excluding carboxylic acids is 1. The van der Waals surface area contributed by atoms with Crippen molar-refractivity contribution in [1.29, 1.82) is 5.26 Å². The molecule has 1 aliphatic rings. The number of cyclic esters (lactones) is 1. The van der Waals surface area contributed by atoms with E-state index in [1.807, 2.05) is 6.07 Å². The number of aliphatic hydroxyl groups excluding tert-OH is 1. The van der Waals surface area contributed by atoms with Crippen LogP contribution in [-0.4, -0.2) is 35.6 Å². The molecule has 1 aromatic carbocycles. The Morgan fingerprint density at radius 3 is 2.61 bits per heavy atom. The van der Waals surface area contributed by atoms with Gasteiger partial charge >= 0.3 is 12.3 Å². The van der Waals surface area contributed by atoms with Crippen molar-refractivity contribution in [2.24, 2.45) is 0 Å². The van der Waals surface area contributed by atoms with Gasteiger partial charge in [0.1, 0.15) is 18.2 Å². The van der Waals surface area contributed by atoms with E-state index in [0.29, 0.717) is 0 Å². The summed E-state index contributed by atoms with van der Waals surface area (Å²) in [5.41, 5.74) is 0.425. The van der Waals surface area contributed by atoms with Gasteiger partial charge in [0.15, 0.2) is 6.10 Å². The Hall–Kier alpha value is -1.98. The second-order valence-corrected chi connectivity index (χ2v) is 5.50. The number of aliphatic hydroxyl groups is 1. The third-order valence-corrected chi connectivity index (χ3v) is 4.15. The van der Waals surface area contributed by atoms with Gasteiger partial charge in [-0.1, -0.05) is 11.6 Å². The molecule has 0 unspecified atom stereocenters. The SMILES string of the molecule is Cc1c(N2C(=O)O[C@H](C)[C@@H]2[C@H](O)C(F)(F)F)ccc(C#N)c1Cl. The van der Waals surface area contributed by atoms with Crippen molar-refractivity contribution in [2.45, 2.75) is 38.3 Å². The second kappa shape index (κ2) is 5.91. The lowest BCUT2D eigenvalue weighted by molar-refractivity contribution is -0.212. The van der Waals surface area contributed by atoms with Crippen LogP contribution in [0.3, 0.4) is 0 Å². The second-order valence-electron chi connectivity index (χ2n) is 5.12. The third kappa shape index (κ3) is 2.94. The van der Waals surface area contributed by atoms with Crippen LogP contribution in [0, 0.1) is 18.3 Å². The number of alkyl halides is 3. The van der Waals surface area contributed by atoms with Crippen LogP contribution in [0.2, 0.25) is 5.02 Å². The first-order valence-electron chi connectivity index (χ1n) is 6.53. The minimum atomic E-state index is -4.92. The van der Waals surface area contributed by atoms with E-state index in [4.69, 9.17) is 21.6 Å². The Bertz CT molecular complexity index is 687. The molecule has 124 valence electrons. The van der Waals surface area contributed by atoms with Crippen molar-refractivity contribution in [1.82, 2.24) is 0 Å².